The summed E-state index contributed by atoms with van der Waals surface area (Å²) in [5.74, 6) is -0.170. The Morgan fingerprint density at radius 3 is 3.00 bits per heavy atom. The highest BCUT2D eigenvalue weighted by atomic mass is 19.1. The predicted octanol–water partition coefficient (Wildman–Crippen LogP) is 3.04. The molecule has 1 N–H and O–H groups in total. The van der Waals surface area contributed by atoms with Gasteiger partial charge >= 0.3 is 0 Å². The molecule has 0 bridgehead atoms. The van der Waals surface area contributed by atoms with Gasteiger partial charge in [0.2, 0.25) is 0 Å². The minimum atomic E-state index is -0.170. The van der Waals surface area contributed by atoms with E-state index in [0.717, 1.165) is 25.0 Å². The van der Waals surface area contributed by atoms with Crippen molar-refractivity contribution in [2.24, 2.45) is 0 Å². The van der Waals surface area contributed by atoms with Gasteiger partial charge in [-0.25, -0.2) is 4.39 Å². The van der Waals surface area contributed by atoms with Crippen molar-refractivity contribution >= 4 is 0 Å². The van der Waals surface area contributed by atoms with Gasteiger partial charge in [-0.3, -0.25) is 0 Å². The molecule has 3 atom stereocenters. The van der Waals surface area contributed by atoms with E-state index in [9.17, 15) is 4.39 Å². The highest BCUT2D eigenvalue weighted by Gasteiger charge is 2.21. The predicted molar refractivity (Wildman–Crippen MR) is 66.4 cm³/mol. The Morgan fingerprint density at radius 1 is 1.47 bits per heavy atom. The van der Waals surface area contributed by atoms with Crippen molar-refractivity contribution < 1.29 is 9.13 Å². The van der Waals surface area contributed by atoms with Crippen molar-refractivity contribution in [1.82, 2.24) is 5.32 Å². The largest absolute Gasteiger partial charge is 0.378 e. The summed E-state index contributed by atoms with van der Waals surface area (Å²) in [6.45, 7) is 4.99. The summed E-state index contributed by atoms with van der Waals surface area (Å²) in [5, 5.41) is 3.55. The van der Waals surface area contributed by atoms with Gasteiger partial charge in [-0.1, -0.05) is 12.1 Å². The molecule has 1 heterocycles. The maximum Gasteiger partial charge on any atom is 0.123 e. The second-order valence-corrected chi connectivity index (χ2v) is 4.85. The Labute approximate surface area is 102 Å². The van der Waals surface area contributed by atoms with Crippen LogP contribution in [-0.4, -0.2) is 18.8 Å². The van der Waals surface area contributed by atoms with E-state index in [1.807, 2.05) is 6.07 Å². The standard InChI is InChI=1S/C14H20FNO/c1-10-8-14(6-7-17-10)16-11(2)12-4-3-5-13(15)9-12/h3-5,9-11,14,16H,6-8H2,1-2H3/t10?,11-,14?/m0/s1. The van der Waals surface area contributed by atoms with Crippen LogP contribution in [0.25, 0.3) is 0 Å². The van der Waals surface area contributed by atoms with Crippen LogP contribution in [0.2, 0.25) is 0 Å². The van der Waals surface area contributed by atoms with Crippen molar-refractivity contribution in [3.63, 3.8) is 0 Å². The number of rotatable bonds is 3. The van der Waals surface area contributed by atoms with Crippen LogP contribution >= 0.6 is 0 Å². The molecule has 0 aliphatic carbocycles. The minimum absolute atomic E-state index is 0.170. The van der Waals surface area contributed by atoms with Crippen molar-refractivity contribution in [3.05, 3.63) is 35.6 Å². The van der Waals surface area contributed by atoms with Crippen LogP contribution < -0.4 is 5.32 Å². The summed E-state index contributed by atoms with van der Waals surface area (Å²) in [4.78, 5) is 0. The van der Waals surface area contributed by atoms with Gasteiger partial charge in [-0.15, -0.1) is 0 Å². The smallest absolute Gasteiger partial charge is 0.123 e. The van der Waals surface area contributed by atoms with Gasteiger partial charge < -0.3 is 10.1 Å². The summed E-state index contributed by atoms with van der Waals surface area (Å²) < 4.78 is 18.6. The van der Waals surface area contributed by atoms with Crippen LogP contribution in [-0.2, 0) is 4.74 Å². The number of ether oxygens (including phenoxy) is 1. The number of hydrogen-bond donors (Lipinski definition) is 1. The molecule has 94 valence electrons. The summed E-state index contributed by atoms with van der Waals surface area (Å²) in [6, 6.07) is 7.45. The maximum absolute atomic E-state index is 13.1. The van der Waals surface area contributed by atoms with Gasteiger partial charge in [0.05, 0.1) is 6.10 Å². The van der Waals surface area contributed by atoms with Gasteiger partial charge in [-0.2, -0.15) is 0 Å². The lowest BCUT2D eigenvalue weighted by molar-refractivity contribution is 0.0116. The molecule has 17 heavy (non-hydrogen) atoms. The summed E-state index contributed by atoms with van der Waals surface area (Å²) in [6.07, 6.45) is 2.38. The Kier molecular flexibility index (Phi) is 4.13. The van der Waals surface area contributed by atoms with Gasteiger partial charge in [-0.05, 0) is 44.4 Å². The lowest BCUT2D eigenvalue weighted by Gasteiger charge is -2.30. The third kappa shape index (κ3) is 3.51. The molecule has 1 saturated heterocycles. The zero-order valence-electron chi connectivity index (χ0n) is 10.4. The fourth-order valence-electron chi connectivity index (χ4n) is 2.38. The highest BCUT2D eigenvalue weighted by molar-refractivity contribution is 5.19. The quantitative estimate of drug-likeness (QED) is 0.872. The SMILES string of the molecule is CC1CC(N[C@@H](C)c2cccc(F)c2)CCO1. The topological polar surface area (TPSA) is 21.3 Å². The molecule has 1 fully saturated rings. The highest BCUT2D eigenvalue weighted by Crippen LogP contribution is 2.19. The Bertz CT molecular complexity index is 369. The summed E-state index contributed by atoms with van der Waals surface area (Å²) in [5.41, 5.74) is 1.00. The molecule has 3 heteroatoms. The van der Waals surface area contributed by atoms with Crippen LogP contribution in [0.1, 0.15) is 38.3 Å². The van der Waals surface area contributed by atoms with Crippen LogP contribution in [0, 0.1) is 5.82 Å². The van der Waals surface area contributed by atoms with E-state index < -0.39 is 0 Å². The second kappa shape index (κ2) is 5.61. The number of hydrogen-bond acceptors (Lipinski definition) is 2. The average Bonchev–Trinajstić information content (AvgIpc) is 2.29. The molecule has 2 nitrogen and oxygen atoms in total. The van der Waals surface area contributed by atoms with Crippen molar-refractivity contribution in [1.29, 1.82) is 0 Å². The molecule has 0 saturated carbocycles. The number of benzene rings is 1. The third-order valence-electron chi connectivity index (χ3n) is 3.32. The molecule has 2 unspecified atom stereocenters. The first kappa shape index (κ1) is 12.5. The summed E-state index contributed by atoms with van der Waals surface area (Å²) >= 11 is 0. The zero-order valence-corrected chi connectivity index (χ0v) is 10.4. The van der Waals surface area contributed by atoms with E-state index in [2.05, 4.69) is 19.2 Å². The molecule has 0 radical (unpaired) electrons. The second-order valence-electron chi connectivity index (χ2n) is 4.85. The van der Waals surface area contributed by atoms with Crippen LogP contribution in [0.3, 0.4) is 0 Å². The molecular weight excluding hydrogens is 217 g/mol. The molecule has 1 aliphatic heterocycles. The number of halogens is 1. The fourth-order valence-corrected chi connectivity index (χ4v) is 2.38. The lowest BCUT2D eigenvalue weighted by Crippen LogP contribution is -2.39. The van der Waals surface area contributed by atoms with Gasteiger partial charge in [0.15, 0.2) is 0 Å². The maximum atomic E-state index is 13.1. The van der Waals surface area contributed by atoms with Crippen molar-refractivity contribution in [3.8, 4) is 0 Å². The molecular formula is C14H20FNO. The van der Waals surface area contributed by atoms with Crippen LogP contribution in [0.15, 0.2) is 24.3 Å². The first-order chi connectivity index (χ1) is 8.15. The van der Waals surface area contributed by atoms with E-state index in [1.54, 1.807) is 12.1 Å². The fraction of sp³-hybridized carbons (Fsp3) is 0.571. The summed E-state index contributed by atoms with van der Waals surface area (Å²) in [7, 11) is 0. The molecule has 1 aromatic carbocycles. The Morgan fingerprint density at radius 2 is 2.29 bits per heavy atom. The molecule has 0 aromatic heterocycles. The normalized spacial score (nSPS) is 26.8. The molecule has 1 aromatic rings. The van der Waals surface area contributed by atoms with E-state index in [4.69, 9.17) is 4.74 Å². The molecule has 2 rings (SSSR count). The monoisotopic (exact) mass is 237 g/mol. The molecule has 0 spiro atoms. The van der Waals surface area contributed by atoms with Crippen molar-refractivity contribution in [2.75, 3.05) is 6.61 Å². The lowest BCUT2D eigenvalue weighted by atomic mass is 10.0. The molecule has 1 aliphatic rings. The van der Waals surface area contributed by atoms with Crippen molar-refractivity contribution in [2.45, 2.75) is 44.9 Å². The van der Waals surface area contributed by atoms with E-state index in [1.165, 1.54) is 6.07 Å². The first-order valence-corrected chi connectivity index (χ1v) is 6.28. The Balaban J connectivity index is 1.94. The van der Waals surface area contributed by atoms with Crippen LogP contribution in [0.4, 0.5) is 4.39 Å². The van der Waals surface area contributed by atoms with Gasteiger partial charge in [0.25, 0.3) is 0 Å². The van der Waals surface area contributed by atoms with E-state index in [-0.39, 0.29) is 11.9 Å². The van der Waals surface area contributed by atoms with Gasteiger partial charge in [0, 0.05) is 18.7 Å². The Hall–Kier alpha value is -0.930. The first-order valence-electron chi connectivity index (χ1n) is 6.28. The van der Waals surface area contributed by atoms with Gasteiger partial charge in [0.1, 0.15) is 5.82 Å². The van der Waals surface area contributed by atoms with E-state index >= 15 is 0 Å². The third-order valence-corrected chi connectivity index (χ3v) is 3.32. The minimum Gasteiger partial charge on any atom is -0.378 e. The number of nitrogens with one attached hydrogen (secondary N) is 1. The zero-order chi connectivity index (χ0) is 12.3. The van der Waals surface area contributed by atoms with E-state index in [0.29, 0.717) is 12.1 Å². The van der Waals surface area contributed by atoms with Crippen LogP contribution in [0.5, 0.6) is 0 Å². The molecule has 0 amide bonds. The average molecular weight is 237 g/mol.